The second-order valence-corrected chi connectivity index (χ2v) is 5.29. The van der Waals surface area contributed by atoms with Gasteiger partial charge in [0.2, 0.25) is 0 Å². The quantitative estimate of drug-likeness (QED) is 0.913. The summed E-state index contributed by atoms with van der Waals surface area (Å²) in [7, 11) is 0. The van der Waals surface area contributed by atoms with E-state index < -0.39 is 6.10 Å². The fraction of sp³-hybridized carbons (Fsp3) is 0.250. The number of hydrogen-bond donors (Lipinski definition) is 1. The van der Waals surface area contributed by atoms with E-state index in [0.29, 0.717) is 6.61 Å². The lowest BCUT2D eigenvalue weighted by Gasteiger charge is -2.18. The van der Waals surface area contributed by atoms with Gasteiger partial charge in [0.15, 0.2) is 0 Å². The molecule has 19 heavy (non-hydrogen) atoms. The van der Waals surface area contributed by atoms with Gasteiger partial charge in [0.1, 0.15) is 11.9 Å². The molecule has 0 aliphatic heterocycles. The Morgan fingerprint density at radius 1 is 1.16 bits per heavy atom. The van der Waals surface area contributed by atoms with Crippen LogP contribution in [0.1, 0.15) is 29.7 Å². The highest BCUT2D eigenvalue weighted by Crippen LogP contribution is 2.32. The van der Waals surface area contributed by atoms with Crippen molar-refractivity contribution in [2.75, 3.05) is 6.61 Å². The van der Waals surface area contributed by atoms with Crippen molar-refractivity contribution in [3.63, 3.8) is 0 Å². The van der Waals surface area contributed by atoms with E-state index in [0.717, 1.165) is 26.9 Å². The molecule has 1 N–H and O–H groups in total. The summed E-state index contributed by atoms with van der Waals surface area (Å²) in [5.74, 6) is 0.733. The maximum absolute atomic E-state index is 10.6. The molecule has 0 spiro atoms. The molecule has 0 heterocycles. The van der Waals surface area contributed by atoms with Crippen molar-refractivity contribution in [1.82, 2.24) is 0 Å². The highest BCUT2D eigenvalue weighted by Gasteiger charge is 2.17. The molecule has 2 rings (SSSR count). The van der Waals surface area contributed by atoms with E-state index in [1.807, 2.05) is 56.3 Å². The Morgan fingerprint density at radius 2 is 1.89 bits per heavy atom. The van der Waals surface area contributed by atoms with Gasteiger partial charge in [-0.3, -0.25) is 0 Å². The average Bonchev–Trinajstić information content (AvgIpc) is 2.42. The van der Waals surface area contributed by atoms with Crippen molar-refractivity contribution in [1.29, 1.82) is 0 Å². The van der Waals surface area contributed by atoms with Crippen LogP contribution in [0.25, 0.3) is 0 Å². The van der Waals surface area contributed by atoms with E-state index in [1.165, 1.54) is 0 Å². The molecule has 0 bridgehead atoms. The van der Waals surface area contributed by atoms with Gasteiger partial charge in [-0.2, -0.15) is 0 Å². The third-order valence-corrected chi connectivity index (χ3v) is 3.54. The smallest absolute Gasteiger partial charge is 0.125 e. The number of rotatable bonds is 4. The number of aliphatic hydroxyl groups excluding tert-OH is 1. The van der Waals surface area contributed by atoms with Gasteiger partial charge in [0.25, 0.3) is 0 Å². The van der Waals surface area contributed by atoms with E-state index >= 15 is 0 Å². The van der Waals surface area contributed by atoms with Crippen molar-refractivity contribution in [3.8, 4) is 5.75 Å². The minimum Gasteiger partial charge on any atom is -0.493 e. The van der Waals surface area contributed by atoms with Gasteiger partial charge in [0.05, 0.1) is 6.61 Å². The lowest BCUT2D eigenvalue weighted by Crippen LogP contribution is -2.05. The van der Waals surface area contributed by atoms with E-state index in [2.05, 4.69) is 15.9 Å². The van der Waals surface area contributed by atoms with Crippen LogP contribution in [0.15, 0.2) is 46.9 Å². The molecule has 3 heteroatoms. The van der Waals surface area contributed by atoms with E-state index in [1.54, 1.807) is 0 Å². The van der Waals surface area contributed by atoms with Gasteiger partial charge in [-0.25, -0.2) is 0 Å². The van der Waals surface area contributed by atoms with E-state index in [-0.39, 0.29) is 0 Å². The molecular formula is C16H17BrO2. The van der Waals surface area contributed by atoms with Crippen LogP contribution in [0, 0.1) is 6.92 Å². The van der Waals surface area contributed by atoms with Gasteiger partial charge in [-0.15, -0.1) is 0 Å². The molecule has 0 radical (unpaired) electrons. The Morgan fingerprint density at radius 3 is 2.63 bits per heavy atom. The number of aryl methyl sites for hydroxylation is 1. The molecular weight excluding hydrogens is 304 g/mol. The van der Waals surface area contributed by atoms with Crippen molar-refractivity contribution in [3.05, 3.63) is 63.6 Å². The molecule has 2 aromatic carbocycles. The molecule has 2 aromatic rings. The Kier molecular flexibility index (Phi) is 4.61. The van der Waals surface area contributed by atoms with Gasteiger partial charge < -0.3 is 9.84 Å². The normalized spacial score (nSPS) is 12.2. The predicted molar refractivity (Wildman–Crippen MR) is 80.6 cm³/mol. The first kappa shape index (κ1) is 14.1. The van der Waals surface area contributed by atoms with Gasteiger partial charge in [-0.05, 0) is 43.2 Å². The van der Waals surface area contributed by atoms with Crippen LogP contribution in [0.2, 0.25) is 0 Å². The molecule has 2 nitrogen and oxygen atoms in total. The Labute approximate surface area is 122 Å². The molecule has 1 atom stereocenters. The summed E-state index contributed by atoms with van der Waals surface area (Å²) in [4.78, 5) is 0. The standard InChI is InChI=1S/C16H17BrO2/c1-3-19-15-7-5-4-6-13(15)16(18)14-10-12(17)9-8-11(14)2/h4-10,16,18H,3H2,1-2H3. The number of ether oxygens (including phenoxy) is 1. The van der Waals surface area contributed by atoms with E-state index in [9.17, 15) is 5.11 Å². The number of aliphatic hydroxyl groups is 1. The molecule has 1 unspecified atom stereocenters. The van der Waals surface area contributed by atoms with Gasteiger partial charge in [-0.1, -0.05) is 40.2 Å². The van der Waals surface area contributed by atoms with Crippen LogP contribution in [0.4, 0.5) is 0 Å². The number of benzene rings is 2. The average molecular weight is 321 g/mol. The molecule has 0 aliphatic carbocycles. The molecule has 0 fully saturated rings. The third kappa shape index (κ3) is 3.17. The molecule has 100 valence electrons. The first-order chi connectivity index (χ1) is 9.13. The maximum atomic E-state index is 10.6. The number of para-hydroxylation sites is 1. The molecule has 0 aliphatic rings. The lowest BCUT2D eigenvalue weighted by molar-refractivity contribution is 0.211. The summed E-state index contributed by atoms with van der Waals surface area (Å²) in [6.07, 6.45) is -0.680. The summed E-state index contributed by atoms with van der Waals surface area (Å²) in [6.45, 7) is 4.52. The summed E-state index contributed by atoms with van der Waals surface area (Å²) < 4.78 is 6.54. The summed E-state index contributed by atoms with van der Waals surface area (Å²) >= 11 is 3.44. The summed E-state index contributed by atoms with van der Waals surface area (Å²) in [6, 6.07) is 13.5. The molecule has 0 aromatic heterocycles. The second kappa shape index (κ2) is 6.22. The van der Waals surface area contributed by atoms with Crippen LogP contribution in [-0.4, -0.2) is 11.7 Å². The van der Waals surface area contributed by atoms with E-state index in [4.69, 9.17) is 4.74 Å². The zero-order chi connectivity index (χ0) is 13.8. The summed E-state index contributed by atoms with van der Waals surface area (Å²) in [5, 5.41) is 10.6. The number of halogens is 1. The monoisotopic (exact) mass is 320 g/mol. The van der Waals surface area contributed by atoms with Crippen LogP contribution >= 0.6 is 15.9 Å². The van der Waals surface area contributed by atoms with Crippen molar-refractivity contribution in [2.45, 2.75) is 20.0 Å². The Balaban J connectivity index is 2.43. The fourth-order valence-corrected chi connectivity index (χ4v) is 2.45. The molecule has 0 saturated heterocycles. The third-order valence-electron chi connectivity index (χ3n) is 3.05. The highest BCUT2D eigenvalue weighted by atomic mass is 79.9. The van der Waals surface area contributed by atoms with Gasteiger partial charge in [0, 0.05) is 10.0 Å². The van der Waals surface area contributed by atoms with Crippen LogP contribution in [-0.2, 0) is 0 Å². The molecule has 0 amide bonds. The topological polar surface area (TPSA) is 29.5 Å². The first-order valence-electron chi connectivity index (χ1n) is 6.29. The molecule has 0 saturated carbocycles. The lowest BCUT2D eigenvalue weighted by atomic mass is 9.97. The second-order valence-electron chi connectivity index (χ2n) is 4.37. The van der Waals surface area contributed by atoms with Crippen molar-refractivity contribution >= 4 is 15.9 Å². The number of hydrogen-bond acceptors (Lipinski definition) is 2. The van der Waals surface area contributed by atoms with Crippen LogP contribution in [0.5, 0.6) is 5.75 Å². The van der Waals surface area contributed by atoms with Crippen LogP contribution in [0.3, 0.4) is 0 Å². The summed E-state index contributed by atoms with van der Waals surface area (Å²) in [5.41, 5.74) is 2.74. The first-order valence-corrected chi connectivity index (χ1v) is 7.08. The largest absolute Gasteiger partial charge is 0.493 e. The van der Waals surface area contributed by atoms with Crippen molar-refractivity contribution in [2.24, 2.45) is 0 Å². The SMILES string of the molecule is CCOc1ccccc1C(O)c1cc(Br)ccc1C. The minimum absolute atomic E-state index is 0.585. The van der Waals surface area contributed by atoms with Gasteiger partial charge >= 0.3 is 0 Å². The van der Waals surface area contributed by atoms with Crippen molar-refractivity contribution < 1.29 is 9.84 Å². The minimum atomic E-state index is -0.680. The van der Waals surface area contributed by atoms with Crippen LogP contribution < -0.4 is 4.74 Å². The maximum Gasteiger partial charge on any atom is 0.125 e. The Hall–Kier alpha value is -1.32. The zero-order valence-corrected chi connectivity index (χ0v) is 12.6. The predicted octanol–water partition coefficient (Wildman–Crippen LogP) is 4.24. The highest BCUT2D eigenvalue weighted by molar-refractivity contribution is 9.10. The zero-order valence-electron chi connectivity index (χ0n) is 11.1. The Bertz CT molecular complexity index is 566. The fourth-order valence-electron chi connectivity index (χ4n) is 2.07.